The monoisotopic (exact) mass is 559 g/mol. The minimum atomic E-state index is -0.614. The number of benzene rings is 2. The first kappa shape index (κ1) is 29.5. The Morgan fingerprint density at radius 3 is 2.33 bits per heavy atom. The number of amides is 2. The molecule has 8 heteroatoms. The van der Waals surface area contributed by atoms with E-state index in [1.807, 2.05) is 36.9 Å². The second-order valence-corrected chi connectivity index (χ2v) is 12.4. The summed E-state index contributed by atoms with van der Waals surface area (Å²) >= 11 is 6.32. The maximum absolute atomic E-state index is 14.9. The molecule has 0 spiro atoms. The Labute approximate surface area is 235 Å². The van der Waals surface area contributed by atoms with Gasteiger partial charge >= 0.3 is 0 Å². The predicted molar refractivity (Wildman–Crippen MR) is 151 cm³/mol. The van der Waals surface area contributed by atoms with Crippen LogP contribution in [0.15, 0.2) is 36.4 Å². The normalized spacial score (nSPS) is 21.7. The van der Waals surface area contributed by atoms with Gasteiger partial charge in [0.05, 0.1) is 12.0 Å². The van der Waals surface area contributed by atoms with Crippen molar-refractivity contribution in [3.05, 3.63) is 69.7 Å². The Balaban J connectivity index is 1.51. The molecule has 2 heterocycles. The van der Waals surface area contributed by atoms with Crippen molar-refractivity contribution >= 4 is 23.4 Å². The third kappa shape index (κ3) is 6.63. The number of nitrogens with one attached hydrogen (secondary N) is 1. The molecular weight excluding hydrogens is 520 g/mol. The molecule has 2 aromatic rings. The van der Waals surface area contributed by atoms with Gasteiger partial charge in [0, 0.05) is 55.1 Å². The van der Waals surface area contributed by atoms with Crippen LogP contribution in [0.25, 0.3) is 0 Å². The largest absolute Gasteiger partial charge is 0.350 e. The van der Waals surface area contributed by atoms with Crippen LogP contribution in [0.1, 0.15) is 88.4 Å². The van der Waals surface area contributed by atoms with E-state index in [0.717, 1.165) is 30.0 Å². The Morgan fingerprint density at radius 1 is 1.05 bits per heavy atom. The minimum absolute atomic E-state index is 0.0122. The zero-order valence-electron chi connectivity index (χ0n) is 23.6. The highest BCUT2D eigenvalue weighted by atomic mass is 35.5. The first-order valence-corrected chi connectivity index (χ1v) is 14.3. The molecule has 2 amide bonds. The van der Waals surface area contributed by atoms with Crippen molar-refractivity contribution in [3.8, 4) is 0 Å². The van der Waals surface area contributed by atoms with E-state index in [2.05, 4.69) is 31.0 Å². The molecule has 212 valence electrons. The molecule has 0 bridgehead atoms. The summed E-state index contributed by atoms with van der Waals surface area (Å²) < 4.78 is 28.5. The van der Waals surface area contributed by atoms with E-state index in [1.165, 1.54) is 12.1 Å². The first-order chi connectivity index (χ1) is 18.4. The Morgan fingerprint density at radius 2 is 1.72 bits per heavy atom. The van der Waals surface area contributed by atoms with Crippen molar-refractivity contribution in [2.75, 3.05) is 26.2 Å². The smallest absolute Gasteiger partial charge is 0.227 e. The molecule has 0 radical (unpaired) electrons. The third-order valence-corrected chi connectivity index (χ3v) is 8.64. The molecule has 5 nitrogen and oxygen atoms in total. The minimum Gasteiger partial charge on any atom is -0.350 e. The molecule has 0 aliphatic carbocycles. The van der Waals surface area contributed by atoms with Crippen LogP contribution in [0, 0.1) is 17.6 Å². The van der Waals surface area contributed by atoms with Gasteiger partial charge < -0.3 is 10.2 Å². The lowest BCUT2D eigenvalue weighted by atomic mass is 9.83. The van der Waals surface area contributed by atoms with E-state index in [1.54, 1.807) is 0 Å². The van der Waals surface area contributed by atoms with Gasteiger partial charge in [0.15, 0.2) is 0 Å². The second kappa shape index (κ2) is 11.9. The quantitative estimate of drug-likeness (QED) is 0.444. The molecule has 2 fully saturated rings. The summed E-state index contributed by atoms with van der Waals surface area (Å²) in [7, 11) is 0. The number of hydrogen-bond acceptors (Lipinski definition) is 3. The Hall–Kier alpha value is -2.51. The lowest BCUT2D eigenvalue weighted by molar-refractivity contribution is -0.136. The van der Waals surface area contributed by atoms with Gasteiger partial charge in [-0.15, -0.1) is 0 Å². The van der Waals surface area contributed by atoms with Crippen LogP contribution in [0.5, 0.6) is 0 Å². The maximum Gasteiger partial charge on any atom is 0.227 e. The van der Waals surface area contributed by atoms with Crippen LogP contribution >= 0.6 is 11.6 Å². The van der Waals surface area contributed by atoms with E-state index in [-0.39, 0.29) is 35.2 Å². The molecule has 2 aliphatic rings. The van der Waals surface area contributed by atoms with Crippen LogP contribution in [0.3, 0.4) is 0 Å². The van der Waals surface area contributed by atoms with Gasteiger partial charge in [0.25, 0.3) is 0 Å². The number of piperidine rings is 1. The average molecular weight is 560 g/mol. The first-order valence-electron chi connectivity index (χ1n) is 14.0. The van der Waals surface area contributed by atoms with Gasteiger partial charge in [-0.25, -0.2) is 8.78 Å². The van der Waals surface area contributed by atoms with Gasteiger partial charge in [-0.1, -0.05) is 30.7 Å². The van der Waals surface area contributed by atoms with Crippen molar-refractivity contribution < 1.29 is 18.4 Å². The highest BCUT2D eigenvalue weighted by Crippen LogP contribution is 2.40. The van der Waals surface area contributed by atoms with Crippen LogP contribution < -0.4 is 5.32 Å². The third-order valence-electron chi connectivity index (χ3n) is 8.41. The van der Waals surface area contributed by atoms with Gasteiger partial charge in [-0.2, -0.15) is 0 Å². The van der Waals surface area contributed by atoms with Gasteiger partial charge in [-0.3, -0.25) is 14.5 Å². The zero-order chi connectivity index (χ0) is 28.5. The molecule has 3 atom stereocenters. The number of hydrogen-bond donors (Lipinski definition) is 1. The van der Waals surface area contributed by atoms with Crippen LogP contribution in [0.4, 0.5) is 8.78 Å². The zero-order valence-corrected chi connectivity index (χ0v) is 24.3. The fraction of sp³-hybridized carbons (Fsp3) is 0.548. The molecule has 2 saturated heterocycles. The Kier molecular flexibility index (Phi) is 9.01. The fourth-order valence-electron chi connectivity index (χ4n) is 6.08. The predicted octanol–water partition coefficient (Wildman–Crippen LogP) is 6.43. The molecule has 2 aromatic carbocycles. The highest BCUT2D eigenvalue weighted by Gasteiger charge is 2.44. The van der Waals surface area contributed by atoms with Crippen LogP contribution in [-0.2, 0) is 9.59 Å². The second-order valence-electron chi connectivity index (χ2n) is 12.0. The number of nitrogens with zero attached hydrogens (tertiary/aromatic N) is 2. The molecule has 4 rings (SSSR count). The summed E-state index contributed by atoms with van der Waals surface area (Å²) in [6, 6.07) is 9.37. The number of rotatable bonds is 6. The molecule has 2 aliphatic heterocycles. The van der Waals surface area contributed by atoms with Crippen molar-refractivity contribution in [1.29, 1.82) is 0 Å². The summed E-state index contributed by atoms with van der Waals surface area (Å²) in [5.74, 6) is -1.67. The van der Waals surface area contributed by atoms with Gasteiger partial charge in [0.1, 0.15) is 11.6 Å². The summed E-state index contributed by atoms with van der Waals surface area (Å²) in [6.45, 7) is 12.4. The summed E-state index contributed by atoms with van der Waals surface area (Å²) in [4.78, 5) is 30.1. The van der Waals surface area contributed by atoms with Crippen molar-refractivity contribution in [2.24, 2.45) is 5.92 Å². The molecule has 0 saturated carbocycles. The van der Waals surface area contributed by atoms with Crippen molar-refractivity contribution in [1.82, 2.24) is 15.1 Å². The lowest BCUT2D eigenvalue weighted by Crippen LogP contribution is -2.44. The fourth-order valence-corrected chi connectivity index (χ4v) is 6.26. The molecule has 1 N–H and O–H groups in total. The van der Waals surface area contributed by atoms with Gasteiger partial charge in [-0.05, 0) is 81.3 Å². The van der Waals surface area contributed by atoms with E-state index < -0.39 is 17.6 Å². The van der Waals surface area contributed by atoms with E-state index in [0.29, 0.717) is 43.2 Å². The number of halogens is 3. The number of carbonyl (C=O) groups is 2. The van der Waals surface area contributed by atoms with E-state index in [9.17, 15) is 18.4 Å². The summed E-state index contributed by atoms with van der Waals surface area (Å²) in [6.07, 6.45) is 2.00. The highest BCUT2D eigenvalue weighted by molar-refractivity contribution is 6.30. The number of carbonyl (C=O) groups excluding carboxylic acids is 2. The Bertz CT molecular complexity index is 1210. The van der Waals surface area contributed by atoms with E-state index in [4.69, 9.17) is 11.6 Å². The van der Waals surface area contributed by atoms with Crippen LogP contribution in [-0.4, -0.2) is 53.3 Å². The molecule has 39 heavy (non-hydrogen) atoms. The molecule has 0 aromatic heterocycles. The maximum atomic E-state index is 14.9. The molecular formula is C31H40ClF2N3O2. The standard InChI is InChI=1S/C31H40ClF2N3O2/c1-6-29(38)35-19(2)25-15-21(32)7-9-23(25)20-11-13-36(14-12-20)30(39)27-18-37(31(3,4)5)17-26(27)24-10-8-22(33)16-28(24)34/h7-10,15-16,19-20,26-27H,6,11-14,17-18H2,1-5H3,(H,35,38)/t19?,26-,27?/m0/s1. The van der Waals surface area contributed by atoms with E-state index >= 15 is 0 Å². The summed E-state index contributed by atoms with van der Waals surface area (Å²) in [5.41, 5.74) is 2.40. The van der Waals surface area contributed by atoms with Crippen LogP contribution in [0.2, 0.25) is 5.02 Å². The number of likely N-dealkylation sites (tertiary alicyclic amines) is 2. The molecule has 2 unspecified atom stereocenters. The summed E-state index contributed by atoms with van der Waals surface area (Å²) in [5, 5.41) is 3.67. The topological polar surface area (TPSA) is 52.7 Å². The van der Waals surface area contributed by atoms with Gasteiger partial charge in [0.2, 0.25) is 11.8 Å². The van der Waals surface area contributed by atoms with Crippen molar-refractivity contribution in [3.63, 3.8) is 0 Å². The SMILES string of the molecule is CCC(=O)NC(C)c1cc(Cl)ccc1C1CCN(C(=O)C2CN(C(C)(C)C)C[C@H]2c2ccc(F)cc2F)CC1. The van der Waals surface area contributed by atoms with Crippen molar-refractivity contribution in [2.45, 2.75) is 77.3 Å². The lowest BCUT2D eigenvalue weighted by Gasteiger charge is -2.36. The average Bonchev–Trinajstić information content (AvgIpc) is 3.34.